The van der Waals surface area contributed by atoms with Crippen LogP contribution in [0.25, 0.3) is 0 Å². The van der Waals surface area contributed by atoms with Crippen molar-refractivity contribution in [2.24, 2.45) is 11.3 Å². The van der Waals surface area contributed by atoms with E-state index in [9.17, 15) is 10.2 Å². The van der Waals surface area contributed by atoms with Crippen LogP contribution in [0.2, 0.25) is 0 Å². The molecule has 0 radical (unpaired) electrons. The molecule has 1 saturated carbocycles. The lowest BCUT2D eigenvalue weighted by Gasteiger charge is -2.49. The van der Waals surface area contributed by atoms with Crippen molar-refractivity contribution in [3.8, 4) is 11.5 Å². The number of benzene rings is 2. The summed E-state index contributed by atoms with van der Waals surface area (Å²) >= 11 is 0. The third-order valence-corrected chi connectivity index (χ3v) is 8.46. The zero-order chi connectivity index (χ0) is 26.0. The van der Waals surface area contributed by atoms with Crippen LogP contribution < -0.4 is 9.47 Å². The Bertz CT molecular complexity index is 1020. The van der Waals surface area contributed by atoms with Crippen LogP contribution in [0.15, 0.2) is 36.4 Å². The molecule has 1 fully saturated rings. The zero-order valence-electron chi connectivity index (χ0n) is 22.8. The van der Waals surface area contributed by atoms with E-state index >= 15 is 0 Å². The Morgan fingerprint density at radius 3 is 1.78 bits per heavy atom. The van der Waals surface area contributed by atoms with Crippen molar-refractivity contribution in [2.45, 2.75) is 71.4 Å². The van der Waals surface area contributed by atoms with Crippen molar-refractivity contribution in [2.75, 3.05) is 39.8 Å². The second-order valence-corrected chi connectivity index (χ2v) is 12.4. The van der Waals surface area contributed by atoms with Crippen molar-refractivity contribution < 1.29 is 19.7 Å². The molecule has 6 nitrogen and oxygen atoms in total. The molecule has 1 aliphatic carbocycles. The fraction of sp³-hybridized carbons (Fsp3) is 0.613. The number of aliphatic hydroxyl groups excluding tert-OH is 2. The van der Waals surface area contributed by atoms with Gasteiger partial charge in [-0.05, 0) is 78.8 Å². The van der Waals surface area contributed by atoms with E-state index < -0.39 is 0 Å². The van der Waals surface area contributed by atoms with Gasteiger partial charge in [-0.15, -0.1) is 0 Å². The van der Waals surface area contributed by atoms with Gasteiger partial charge in [-0.1, -0.05) is 32.9 Å². The number of nitrogens with zero attached hydrogens (tertiary/aromatic N) is 2. The summed E-state index contributed by atoms with van der Waals surface area (Å²) in [5.41, 5.74) is 5.41. The highest BCUT2D eigenvalue weighted by Gasteiger charge is 2.45. The first kappa shape index (κ1) is 26.5. The van der Waals surface area contributed by atoms with E-state index in [1.165, 1.54) is 28.7 Å². The molecule has 6 heteroatoms. The van der Waals surface area contributed by atoms with E-state index in [0.717, 1.165) is 63.4 Å². The minimum atomic E-state index is -0.0774. The van der Waals surface area contributed by atoms with Crippen LogP contribution in [0.3, 0.4) is 0 Å². The van der Waals surface area contributed by atoms with Crippen molar-refractivity contribution >= 4 is 0 Å². The zero-order valence-corrected chi connectivity index (χ0v) is 22.8. The molecule has 5 rings (SSSR count). The standard InChI is InChI=1S/C31H44N2O4/c1-23-16-30(2,3)20-31(17-23,26-6-8-28-24(14-26)18-32(21-36-28)10-4-12-34)27-7-9-29-25(15-27)19-33(22-37-29)11-5-13-35/h6-9,14-15,23,34-35H,4-5,10-13,16-22H2,1-3H3. The van der Waals surface area contributed by atoms with E-state index in [0.29, 0.717) is 19.4 Å². The van der Waals surface area contributed by atoms with Crippen LogP contribution in [0.5, 0.6) is 11.5 Å². The average molecular weight is 509 g/mol. The fourth-order valence-electron chi connectivity index (χ4n) is 7.23. The normalized spacial score (nSPS) is 23.0. The van der Waals surface area contributed by atoms with Crippen LogP contribution >= 0.6 is 0 Å². The van der Waals surface area contributed by atoms with E-state index in [1.807, 2.05) is 0 Å². The average Bonchev–Trinajstić information content (AvgIpc) is 2.88. The Hall–Kier alpha value is -2.12. The Morgan fingerprint density at radius 1 is 0.811 bits per heavy atom. The van der Waals surface area contributed by atoms with Crippen molar-refractivity contribution in [1.29, 1.82) is 0 Å². The van der Waals surface area contributed by atoms with Gasteiger partial charge in [0.15, 0.2) is 0 Å². The lowest BCUT2D eigenvalue weighted by molar-refractivity contribution is 0.0873. The van der Waals surface area contributed by atoms with E-state index in [2.05, 4.69) is 67.0 Å². The lowest BCUT2D eigenvalue weighted by atomic mass is 9.55. The minimum absolute atomic E-state index is 0.0774. The highest BCUT2D eigenvalue weighted by molar-refractivity contribution is 5.50. The van der Waals surface area contributed by atoms with Crippen LogP contribution in [-0.2, 0) is 18.5 Å². The predicted octanol–water partition coefficient (Wildman–Crippen LogP) is 4.89. The summed E-state index contributed by atoms with van der Waals surface area (Å²) in [6.45, 7) is 12.2. The summed E-state index contributed by atoms with van der Waals surface area (Å²) in [7, 11) is 0. The molecular weight excluding hydrogens is 464 g/mol. The topological polar surface area (TPSA) is 65.4 Å². The van der Waals surface area contributed by atoms with E-state index in [-0.39, 0.29) is 24.0 Å². The molecule has 2 N–H and O–H groups in total. The maximum atomic E-state index is 9.29. The molecule has 0 saturated heterocycles. The van der Waals surface area contributed by atoms with Crippen LogP contribution in [0.4, 0.5) is 0 Å². The molecule has 0 bridgehead atoms. The van der Waals surface area contributed by atoms with Gasteiger partial charge in [0.1, 0.15) is 25.0 Å². The molecule has 0 aromatic heterocycles. The summed E-state index contributed by atoms with van der Waals surface area (Å²) < 4.78 is 12.2. The molecule has 37 heavy (non-hydrogen) atoms. The van der Waals surface area contributed by atoms with E-state index in [1.54, 1.807) is 0 Å². The fourth-order valence-corrected chi connectivity index (χ4v) is 7.23. The number of aliphatic hydroxyl groups is 2. The Labute approximate surface area is 222 Å². The molecular formula is C31H44N2O4. The van der Waals surface area contributed by atoms with Gasteiger partial charge in [0, 0.05) is 55.9 Å². The maximum absolute atomic E-state index is 9.29. The predicted molar refractivity (Wildman–Crippen MR) is 146 cm³/mol. The second-order valence-electron chi connectivity index (χ2n) is 12.4. The SMILES string of the molecule is CC1CC(C)(C)CC(c2ccc3c(c2)CN(CCCO)CO3)(c2ccc3c(c2)CN(CCCO)CO3)C1. The Morgan fingerprint density at radius 2 is 1.32 bits per heavy atom. The monoisotopic (exact) mass is 508 g/mol. The summed E-state index contributed by atoms with van der Waals surface area (Å²) in [4.78, 5) is 4.55. The van der Waals surface area contributed by atoms with Crippen molar-refractivity contribution in [3.05, 3.63) is 58.7 Å². The molecule has 0 spiro atoms. The van der Waals surface area contributed by atoms with Crippen LogP contribution in [0, 0.1) is 11.3 Å². The molecule has 2 heterocycles. The van der Waals surface area contributed by atoms with Gasteiger partial charge in [-0.25, -0.2) is 0 Å². The third kappa shape index (κ3) is 5.68. The van der Waals surface area contributed by atoms with Gasteiger partial charge >= 0.3 is 0 Å². The maximum Gasteiger partial charge on any atom is 0.142 e. The molecule has 2 aromatic carbocycles. The van der Waals surface area contributed by atoms with Crippen molar-refractivity contribution in [1.82, 2.24) is 9.80 Å². The number of hydrogen-bond acceptors (Lipinski definition) is 6. The van der Waals surface area contributed by atoms with Gasteiger partial charge in [-0.2, -0.15) is 0 Å². The van der Waals surface area contributed by atoms with Gasteiger partial charge in [0.2, 0.25) is 0 Å². The molecule has 3 aliphatic rings. The summed E-state index contributed by atoms with van der Waals surface area (Å²) in [5.74, 6) is 2.59. The molecule has 2 aromatic rings. The quantitative estimate of drug-likeness (QED) is 0.530. The first-order chi connectivity index (χ1) is 17.8. The second kappa shape index (κ2) is 10.9. The highest BCUT2D eigenvalue weighted by Crippen LogP contribution is 2.54. The van der Waals surface area contributed by atoms with Crippen molar-refractivity contribution in [3.63, 3.8) is 0 Å². The Balaban J connectivity index is 1.53. The van der Waals surface area contributed by atoms with Gasteiger partial charge in [0.25, 0.3) is 0 Å². The molecule has 202 valence electrons. The molecule has 2 aliphatic heterocycles. The number of ether oxygens (including phenoxy) is 2. The van der Waals surface area contributed by atoms with Gasteiger partial charge < -0.3 is 19.7 Å². The molecule has 1 unspecified atom stereocenters. The first-order valence-corrected chi connectivity index (χ1v) is 14.0. The van der Waals surface area contributed by atoms with Gasteiger partial charge in [0.05, 0.1) is 0 Å². The van der Waals surface area contributed by atoms with E-state index in [4.69, 9.17) is 9.47 Å². The third-order valence-electron chi connectivity index (χ3n) is 8.46. The molecule has 1 atom stereocenters. The lowest BCUT2D eigenvalue weighted by Crippen LogP contribution is -2.41. The summed E-state index contributed by atoms with van der Waals surface area (Å²) in [6.07, 6.45) is 4.99. The number of fused-ring (bicyclic) bond motifs is 2. The van der Waals surface area contributed by atoms with Crippen LogP contribution in [0.1, 0.15) is 75.1 Å². The number of hydrogen-bond donors (Lipinski definition) is 2. The summed E-state index contributed by atoms with van der Waals surface area (Å²) in [6, 6.07) is 13.8. The largest absolute Gasteiger partial charge is 0.478 e. The minimum Gasteiger partial charge on any atom is -0.478 e. The molecule has 0 amide bonds. The first-order valence-electron chi connectivity index (χ1n) is 14.0. The smallest absolute Gasteiger partial charge is 0.142 e. The van der Waals surface area contributed by atoms with Crippen LogP contribution in [-0.4, -0.2) is 59.8 Å². The van der Waals surface area contributed by atoms with Gasteiger partial charge in [-0.3, -0.25) is 9.80 Å². The Kier molecular flexibility index (Phi) is 7.83. The number of rotatable bonds is 8. The summed E-state index contributed by atoms with van der Waals surface area (Å²) in [5, 5.41) is 18.6. The highest BCUT2D eigenvalue weighted by atomic mass is 16.5.